The van der Waals surface area contributed by atoms with Crippen LogP contribution in [0.1, 0.15) is 31.9 Å². The fourth-order valence-corrected chi connectivity index (χ4v) is 2.23. The van der Waals surface area contributed by atoms with E-state index >= 15 is 0 Å². The molecule has 0 aliphatic carbocycles. The van der Waals surface area contributed by atoms with Gasteiger partial charge in [-0.2, -0.15) is 10.5 Å². The second kappa shape index (κ2) is 7.51. The van der Waals surface area contributed by atoms with Crippen molar-refractivity contribution in [2.45, 2.75) is 31.8 Å². The molecule has 1 amide bonds. The first-order valence-corrected chi connectivity index (χ1v) is 7.45. The maximum Gasteiger partial charge on any atom is 0.289 e. The van der Waals surface area contributed by atoms with Crippen molar-refractivity contribution in [2.75, 3.05) is 11.5 Å². The topological polar surface area (TPSA) is 117 Å². The third-order valence-corrected chi connectivity index (χ3v) is 4.07. The number of nitriles is 2. The van der Waals surface area contributed by atoms with E-state index in [0.29, 0.717) is 16.5 Å². The van der Waals surface area contributed by atoms with Crippen LogP contribution in [-0.2, 0) is 4.79 Å². The third-order valence-electron chi connectivity index (χ3n) is 3.05. The van der Waals surface area contributed by atoms with Gasteiger partial charge >= 0.3 is 0 Å². The molecular weight excluding hydrogens is 286 g/mol. The molecule has 1 atom stereocenters. The largest absolute Gasteiger partial charge is 0.353 e. The van der Waals surface area contributed by atoms with Crippen LogP contribution in [0.15, 0.2) is 11.1 Å². The summed E-state index contributed by atoms with van der Waals surface area (Å²) in [7, 11) is 0. The molecule has 0 saturated carbocycles. The van der Waals surface area contributed by atoms with Crippen LogP contribution < -0.4 is 16.0 Å². The summed E-state index contributed by atoms with van der Waals surface area (Å²) in [6, 6.07) is 5.40. The predicted octanol–water partition coefficient (Wildman–Crippen LogP) is 1.08. The monoisotopic (exact) mass is 304 g/mol. The highest BCUT2D eigenvalue weighted by atomic mass is 32.2. The number of nitrogens with zero attached hydrogens (tertiary/aromatic N) is 2. The number of hydrogen-bond donors (Lipinski definition) is 2. The van der Waals surface area contributed by atoms with Crippen LogP contribution in [0.5, 0.6) is 0 Å². The van der Waals surface area contributed by atoms with E-state index in [0.717, 1.165) is 0 Å². The fraction of sp³-hybridized carbons (Fsp3) is 0.429. The maximum atomic E-state index is 11.8. The number of nitrogens with two attached hydrogens (primary N) is 1. The summed E-state index contributed by atoms with van der Waals surface area (Å²) in [6.45, 7) is 6.00. The van der Waals surface area contributed by atoms with Crippen LogP contribution in [0.4, 0.5) is 5.82 Å². The van der Waals surface area contributed by atoms with E-state index in [1.807, 2.05) is 32.9 Å². The number of carbonyl (C=O) groups excluding carboxylic acids is 1. The van der Waals surface area contributed by atoms with Gasteiger partial charge in [-0.3, -0.25) is 10.5 Å². The molecule has 0 aliphatic heterocycles. The van der Waals surface area contributed by atoms with Crippen molar-refractivity contribution in [3.8, 4) is 12.1 Å². The molecule has 0 aliphatic rings. The van der Waals surface area contributed by atoms with Gasteiger partial charge in [0.1, 0.15) is 23.3 Å². The maximum absolute atomic E-state index is 11.8. The Bertz CT molecular complexity index is 615. The fourth-order valence-electron chi connectivity index (χ4n) is 1.43. The van der Waals surface area contributed by atoms with Crippen LogP contribution in [0.3, 0.4) is 0 Å². The molecule has 0 radical (unpaired) electrons. The van der Waals surface area contributed by atoms with E-state index in [9.17, 15) is 4.79 Å². The Morgan fingerprint density at radius 3 is 2.52 bits per heavy atom. The minimum Gasteiger partial charge on any atom is -0.353 e. The van der Waals surface area contributed by atoms with Gasteiger partial charge in [-0.1, -0.05) is 25.6 Å². The lowest BCUT2D eigenvalue weighted by molar-refractivity contribution is -0.410. The van der Waals surface area contributed by atoms with Gasteiger partial charge in [0.25, 0.3) is 5.82 Å². The zero-order valence-electron chi connectivity index (χ0n) is 12.2. The highest BCUT2D eigenvalue weighted by Crippen LogP contribution is 2.20. The molecule has 0 saturated heterocycles. The number of anilines is 1. The van der Waals surface area contributed by atoms with Gasteiger partial charge in [0.05, 0.1) is 5.75 Å². The van der Waals surface area contributed by atoms with Crippen molar-refractivity contribution in [2.24, 2.45) is 5.92 Å². The molecule has 0 spiro atoms. The van der Waals surface area contributed by atoms with E-state index in [4.69, 9.17) is 16.3 Å². The van der Waals surface area contributed by atoms with Crippen molar-refractivity contribution in [3.05, 3.63) is 17.2 Å². The molecule has 0 bridgehead atoms. The number of H-pyrrole nitrogens is 1. The Balaban J connectivity index is 2.77. The summed E-state index contributed by atoms with van der Waals surface area (Å²) < 4.78 is 0. The van der Waals surface area contributed by atoms with Gasteiger partial charge in [0, 0.05) is 6.04 Å². The van der Waals surface area contributed by atoms with Crippen molar-refractivity contribution in [1.29, 1.82) is 10.5 Å². The summed E-state index contributed by atoms with van der Waals surface area (Å²) in [5.74, 6) is 0.607. The van der Waals surface area contributed by atoms with Gasteiger partial charge in [0.2, 0.25) is 5.91 Å². The Hall–Kier alpha value is -2.25. The summed E-state index contributed by atoms with van der Waals surface area (Å²) in [5.41, 5.74) is 6.20. The lowest BCUT2D eigenvalue weighted by Crippen LogP contribution is -2.37. The van der Waals surface area contributed by atoms with E-state index < -0.39 is 0 Å². The molecule has 1 rings (SSSR count). The van der Waals surface area contributed by atoms with E-state index in [-0.39, 0.29) is 29.1 Å². The van der Waals surface area contributed by atoms with Crippen LogP contribution in [0, 0.1) is 28.6 Å². The first-order chi connectivity index (χ1) is 9.88. The zero-order chi connectivity index (χ0) is 16.0. The van der Waals surface area contributed by atoms with Crippen molar-refractivity contribution in [3.63, 3.8) is 0 Å². The standard InChI is InChI=1S/C14H17N5OS/c1-8(2)9(3)18-12(20)7-21-14-11(6-16)4-10(5-15)13(17)19-14/h4,8-9H,7H2,1-3H3,(H2,17,19)(H,18,20)/p+1/t9-/m1/s1. The average molecular weight is 304 g/mol. The number of aromatic amines is 1. The molecule has 6 nitrogen and oxygen atoms in total. The van der Waals surface area contributed by atoms with Gasteiger partial charge in [-0.05, 0) is 18.9 Å². The molecule has 21 heavy (non-hydrogen) atoms. The average Bonchev–Trinajstić information content (AvgIpc) is 2.44. The van der Waals surface area contributed by atoms with E-state index in [1.165, 1.54) is 17.8 Å². The highest BCUT2D eigenvalue weighted by molar-refractivity contribution is 7.99. The Morgan fingerprint density at radius 2 is 2.00 bits per heavy atom. The molecule has 4 N–H and O–H groups in total. The Kier molecular flexibility index (Phi) is 6.01. The number of nitrogens with one attached hydrogen (secondary N) is 2. The molecule has 110 valence electrons. The number of rotatable bonds is 5. The van der Waals surface area contributed by atoms with Crippen molar-refractivity contribution >= 4 is 23.5 Å². The number of carbonyl (C=O) groups is 1. The molecule has 0 aromatic carbocycles. The van der Waals surface area contributed by atoms with Crippen molar-refractivity contribution in [1.82, 2.24) is 5.32 Å². The number of aromatic nitrogens is 1. The zero-order valence-corrected chi connectivity index (χ0v) is 13.0. The van der Waals surface area contributed by atoms with Crippen molar-refractivity contribution < 1.29 is 9.78 Å². The number of pyridine rings is 1. The quantitative estimate of drug-likeness (QED) is 0.789. The summed E-state index contributed by atoms with van der Waals surface area (Å²) in [5, 5.41) is 21.3. The van der Waals surface area contributed by atoms with Crippen LogP contribution >= 0.6 is 11.8 Å². The van der Waals surface area contributed by atoms with Gasteiger partial charge in [-0.25, -0.2) is 4.98 Å². The second-order valence-corrected chi connectivity index (χ2v) is 5.94. The molecule has 0 unspecified atom stereocenters. The molecule has 1 aromatic rings. The highest BCUT2D eigenvalue weighted by Gasteiger charge is 2.17. The van der Waals surface area contributed by atoms with E-state index in [1.54, 1.807) is 0 Å². The summed E-state index contributed by atoms with van der Waals surface area (Å²) >= 11 is 1.19. The Labute approximate surface area is 128 Å². The number of amides is 1. The number of hydrogen-bond acceptors (Lipinski definition) is 5. The number of thioether (sulfide) groups is 1. The predicted molar refractivity (Wildman–Crippen MR) is 80.0 cm³/mol. The summed E-state index contributed by atoms with van der Waals surface area (Å²) in [6.07, 6.45) is 0. The van der Waals surface area contributed by atoms with Gasteiger partial charge in [-0.15, -0.1) is 0 Å². The molecular formula is C14H18N5OS+. The van der Waals surface area contributed by atoms with E-state index in [2.05, 4.69) is 10.3 Å². The summed E-state index contributed by atoms with van der Waals surface area (Å²) in [4.78, 5) is 14.6. The van der Waals surface area contributed by atoms with Gasteiger partial charge in [0.15, 0.2) is 5.03 Å². The normalized spacial score (nSPS) is 11.5. The second-order valence-electron chi connectivity index (χ2n) is 4.95. The molecule has 7 heteroatoms. The first kappa shape index (κ1) is 16.8. The first-order valence-electron chi connectivity index (χ1n) is 6.47. The number of nitrogen functional groups attached to an aromatic ring is 1. The van der Waals surface area contributed by atoms with Crippen LogP contribution in [0.2, 0.25) is 0 Å². The minimum atomic E-state index is -0.110. The SMILES string of the molecule is CC(C)[C@@H](C)NC(=O)CSc1[nH+]c(N)c(C#N)cc1C#N. The lowest BCUT2D eigenvalue weighted by atomic mass is 10.1. The van der Waals surface area contributed by atoms with Gasteiger partial charge < -0.3 is 5.32 Å². The minimum absolute atomic E-state index is 0.0866. The Morgan fingerprint density at radius 1 is 1.38 bits per heavy atom. The molecule has 0 fully saturated rings. The smallest absolute Gasteiger partial charge is 0.289 e. The molecule has 1 heterocycles. The van der Waals surface area contributed by atoms with Crippen LogP contribution in [0.25, 0.3) is 0 Å². The van der Waals surface area contributed by atoms with Crippen LogP contribution in [-0.4, -0.2) is 17.7 Å². The third kappa shape index (κ3) is 4.66. The lowest BCUT2D eigenvalue weighted by Gasteiger charge is -2.17. The molecule has 1 aromatic heterocycles.